The van der Waals surface area contributed by atoms with E-state index in [0.29, 0.717) is 24.2 Å². The molecule has 2 aromatic rings. The van der Waals surface area contributed by atoms with Gasteiger partial charge in [-0.15, -0.1) is 0 Å². The Morgan fingerprint density at radius 3 is 2.75 bits per heavy atom. The third-order valence-corrected chi connectivity index (χ3v) is 3.48. The summed E-state index contributed by atoms with van der Waals surface area (Å²) in [5.41, 5.74) is 2.23. The molecule has 0 unspecified atom stereocenters. The molecule has 7 nitrogen and oxygen atoms in total. The van der Waals surface area contributed by atoms with Crippen LogP contribution in [0.15, 0.2) is 27.4 Å². The number of anilines is 1. The van der Waals surface area contributed by atoms with Crippen molar-refractivity contribution in [1.82, 2.24) is 9.88 Å². The van der Waals surface area contributed by atoms with E-state index in [1.807, 2.05) is 12.1 Å². The van der Waals surface area contributed by atoms with E-state index in [-0.39, 0.29) is 6.09 Å². The number of nitrogens with zero attached hydrogens (tertiary/aromatic N) is 2. The van der Waals surface area contributed by atoms with Crippen molar-refractivity contribution in [3.05, 3.63) is 28.7 Å². The van der Waals surface area contributed by atoms with Crippen molar-refractivity contribution in [3.8, 4) is 0 Å². The number of oxazole rings is 1. The topological polar surface area (TPSA) is 78.8 Å². The maximum atomic E-state index is 11.4. The highest BCUT2D eigenvalue weighted by atomic mass is 16.5. The van der Waals surface area contributed by atoms with E-state index in [2.05, 4.69) is 9.88 Å². The van der Waals surface area contributed by atoms with Crippen molar-refractivity contribution < 1.29 is 13.9 Å². The molecule has 1 aliphatic heterocycles. The van der Waals surface area contributed by atoms with E-state index in [4.69, 9.17) is 9.15 Å². The maximum absolute atomic E-state index is 11.4. The van der Waals surface area contributed by atoms with Gasteiger partial charge in [0, 0.05) is 31.9 Å². The minimum absolute atomic E-state index is 0.292. The quantitative estimate of drug-likeness (QED) is 0.841. The summed E-state index contributed by atoms with van der Waals surface area (Å²) in [6, 6.07) is 5.57. The fourth-order valence-corrected chi connectivity index (χ4v) is 2.41. The fraction of sp³-hybridized carbons (Fsp3) is 0.385. The van der Waals surface area contributed by atoms with Gasteiger partial charge in [0.15, 0.2) is 5.58 Å². The first kappa shape index (κ1) is 12.6. The Morgan fingerprint density at radius 1 is 1.30 bits per heavy atom. The van der Waals surface area contributed by atoms with Gasteiger partial charge < -0.3 is 19.0 Å². The molecule has 1 N–H and O–H groups in total. The van der Waals surface area contributed by atoms with Crippen LogP contribution in [0.1, 0.15) is 0 Å². The first-order chi connectivity index (χ1) is 9.67. The van der Waals surface area contributed by atoms with E-state index < -0.39 is 5.76 Å². The number of ether oxygens (including phenoxy) is 1. The molecule has 1 aromatic carbocycles. The molecule has 0 spiro atoms. The average molecular weight is 277 g/mol. The number of piperazine rings is 1. The summed E-state index contributed by atoms with van der Waals surface area (Å²) < 4.78 is 9.68. The molecule has 0 bridgehead atoms. The lowest BCUT2D eigenvalue weighted by molar-refractivity contribution is 0.121. The zero-order valence-corrected chi connectivity index (χ0v) is 11.1. The number of hydrogen-bond donors (Lipinski definition) is 1. The van der Waals surface area contributed by atoms with Gasteiger partial charge in [-0.2, -0.15) is 0 Å². The summed E-state index contributed by atoms with van der Waals surface area (Å²) in [7, 11) is 1.39. The molecule has 0 aliphatic carbocycles. The summed E-state index contributed by atoms with van der Waals surface area (Å²) in [5, 5.41) is 0. The summed E-state index contributed by atoms with van der Waals surface area (Å²) in [6.07, 6.45) is -0.292. The lowest BCUT2D eigenvalue weighted by atomic mass is 10.2. The second-order valence-electron chi connectivity index (χ2n) is 4.64. The van der Waals surface area contributed by atoms with Crippen LogP contribution in [0.5, 0.6) is 0 Å². The van der Waals surface area contributed by atoms with Crippen LogP contribution >= 0.6 is 0 Å². The number of aromatic amines is 1. The van der Waals surface area contributed by atoms with E-state index in [1.54, 1.807) is 11.0 Å². The van der Waals surface area contributed by atoms with Gasteiger partial charge in [0.1, 0.15) is 0 Å². The number of rotatable bonds is 1. The maximum Gasteiger partial charge on any atom is 0.417 e. The number of amides is 1. The molecular weight excluding hydrogens is 262 g/mol. The summed E-state index contributed by atoms with van der Waals surface area (Å²) in [5.74, 6) is -0.451. The van der Waals surface area contributed by atoms with Crippen molar-refractivity contribution in [3.63, 3.8) is 0 Å². The van der Waals surface area contributed by atoms with Crippen molar-refractivity contribution in [2.75, 3.05) is 38.2 Å². The predicted molar refractivity (Wildman–Crippen MR) is 73.0 cm³/mol. The van der Waals surface area contributed by atoms with Crippen molar-refractivity contribution in [1.29, 1.82) is 0 Å². The van der Waals surface area contributed by atoms with Crippen LogP contribution in [0.3, 0.4) is 0 Å². The molecule has 0 atom stereocenters. The first-order valence-corrected chi connectivity index (χ1v) is 6.38. The third kappa shape index (κ3) is 2.22. The zero-order valence-electron chi connectivity index (χ0n) is 11.1. The molecule has 1 aromatic heterocycles. The molecule has 1 amide bonds. The number of methoxy groups -OCH3 is 1. The number of carbonyl (C=O) groups is 1. The number of benzene rings is 1. The van der Waals surface area contributed by atoms with Gasteiger partial charge in [0.2, 0.25) is 0 Å². The number of hydrogen-bond acceptors (Lipinski definition) is 5. The number of nitrogens with one attached hydrogen (secondary N) is 1. The molecule has 1 fully saturated rings. The van der Waals surface area contributed by atoms with Crippen LogP contribution in [0.25, 0.3) is 11.1 Å². The monoisotopic (exact) mass is 277 g/mol. The van der Waals surface area contributed by atoms with E-state index in [1.165, 1.54) is 7.11 Å². The Hall–Kier alpha value is -2.44. The van der Waals surface area contributed by atoms with Crippen LogP contribution in [0.2, 0.25) is 0 Å². The fourth-order valence-electron chi connectivity index (χ4n) is 2.41. The Balaban J connectivity index is 1.76. The van der Waals surface area contributed by atoms with E-state index >= 15 is 0 Å². The van der Waals surface area contributed by atoms with Crippen LogP contribution in [0, 0.1) is 0 Å². The third-order valence-electron chi connectivity index (χ3n) is 3.48. The summed E-state index contributed by atoms with van der Waals surface area (Å²) in [4.78, 5) is 29.0. The molecule has 106 valence electrons. The highest BCUT2D eigenvalue weighted by Gasteiger charge is 2.21. The summed E-state index contributed by atoms with van der Waals surface area (Å²) in [6.45, 7) is 2.69. The highest BCUT2D eigenvalue weighted by molar-refractivity contribution is 5.77. The number of aromatic nitrogens is 1. The molecule has 0 saturated carbocycles. The standard InChI is InChI=1S/C13H15N3O4/c1-19-13(18)16-6-4-15(5-7-16)9-2-3-11-10(8-9)14-12(17)20-11/h2-3,8H,4-7H2,1H3,(H,14,17). The molecule has 20 heavy (non-hydrogen) atoms. The molecule has 0 radical (unpaired) electrons. The average Bonchev–Trinajstić information content (AvgIpc) is 2.85. The van der Waals surface area contributed by atoms with Crippen LogP contribution < -0.4 is 10.7 Å². The lowest BCUT2D eigenvalue weighted by Gasteiger charge is -2.35. The van der Waals surface area contributed by atoms with Gasteiger partial charge in [-0.05, 0) is 18.2 Å². The highest BCUT2D eigenvalue weighted by Crippen LogP contribution is 2.21. The van der Waals surface area contributed by atoms with Gasteiger partial charge in [0.25, 0.3) is 0 Å². The normalized spacial score (nSPS) is 15.7. The Kier molecular flexibility index (Phi) is 3.09. The minimum atomic E-state index is -0.451. The SMILES string of the molecule is COC(=O)N1CCN(c2ccc3oc(=O)[nH]c3c2)CC1. The van der Waals surface area contributed by atoms with Crippen LogP contribution in [-0.4, -0.2) is 49.3 Å². The van der Waals surface area contributed by atoms with Crippen LogP contribution in [0.4, 0.5) is 10.5 Å². The number of carbonyl (C=O) groups excluding carboxylic acids is 1. The molecule has 1 saturated heterocycles. The second kappa shape index (κ2) is 4.92. The summed E-state index contributed by atoms with van der Waals surface area (Å²) >= 11 is 0. The van der Waals surface area contributed by atoms with Gasteiger partial charge >= 0.3 is 11.8 Å². The largest absolute Gasteiger partial charge is 0.453 e. The Morgan fingerprint density at radius 2 is 2.05 bits per heavy atom. The minimum Gasteiger partial charge on any atom is -0.453 e. The Labute approximate surface area is 114 Å². The number of H-pyrrole nitrogens is 1. The van der Waals surface area contributed by atoms with Crippen LogP contribution in [-0.2, 0) is 4.74 Å². The van der Waals surface area contributed by atoms with Gasteiger partial charge in [-0.3, -0.25) is 4.98 Å². The zero-order chi connectivity index (χ0) is 14.1. The second-order valence-corrected chi connectivity index (χ2v) is 4.64. The number of fused-ring (bicyclic) bond motifs is 1. The van der Waals surface area contributed by atoms with Crippen molar-refractivity contribution in [2.45, 2.75) is 0 Å². The molecule has 3 rings (SSSR count). The van der Waals surface area contributed by atoms with Gasteiger partial charge in [0.05, 0.1) is 12.6 Å². The lowest BCUT2D eigenvalue weighted by Crippen LogP contribution is -2.48. The predicted octanol–water partition coefficient (Wildman–Crippen LogP) is 1.01. The van der Waals surface area contributed by atoms with Gasteiger partial charge in [-0.25, -0.2) is 9.59 Å². The molecule has 2 heterocycles. The van der Waals surface area contributed by atoms with Crippen molar-refractivity contribution in [2.24, 2.45) is 0 Å². The first-order valence-electron chi connectivity index (χ1n) is 6.38. The van der Waals surface area contributed by atoms with Crippen molar-refractivity contribution >= 4 is 22.9 Å². The van der Waals surface area contributed by atoms with E-state index in [0.717, 1.165) is 18.8 Å². The Bertz CT molecular complexity index is 682. The molecule has 7 heteroatoms. The molecule has 1 aliphatic rings. The molecular formula is C13H15N3O4. The smallest absolute Gasteiger partial charge is 0.417 e. The van der Waals surface area contributed by atoms with E-state index in [9.17, 15) is 9.59 Å². The van der Waals surface area contributed by atoms with Gasteiger partial charge in [-0.1, -0.05) is 0 Å².